The molecular formula is C20H21Cl2NO5. The molecule has 8 heteroatoms. The number of amides is 1. The molecule has 6 nitrogen and oxygen atoms in total. The zero-order valence-corrected chi connectivity index (χ0v) is 17.1. The highest BCUT2D eigenvalue weighted by Crippen LogP contribution is 2.29. The molecule has 150 valence electrons. The molecule has 1 heterocycles. The summed E-state index contributed by atoms with van der Waals surface area (Å²) in [6.45, 7) is 1.21. The molecule has 0 spiro atoms. The van der Waals surface area contributed by atoms with Gasteiger partial charge >= 0.3 is 6.09 Å². The number of ether oxygens (including phenoxy) is 4. The summed E-state index contributed by atoms with van der Waals surface area (Å²) in [6.07, 6.45) is -0.0348. The lowest BCUT2D eigenvalue weighted by molar-refractivity contribution is 0.103. The Bertz CT molecular complexity index is 845. The summed E-state index contributed by atoms with van der Waals surface area (Å²) in [5.41, 5.74) is 1.04. The van der Waals surface area contributed by atoms with Gasteiger partial charge in [0.15, 0.2) is 17.6 Å². The van der Waals surface area contributed by atoms with E-state index in [-0.39, 0.29) is 18.8 Å². The number of benzene rings is 2. The first-order valence-corrected chi connectivity index (χ1v) is 9.50. The number of cyclic esters (lactones) is 1. The number of hydrogen-bond donors (Lipinski definition) is 0. The van der Waals surface area contributed by atoms with Crippen LogP contribution < -0.4 is 14.2 Å². The average Bonchev–Trinajstić information content (AvgIpc) is 3.05. The number of methoxy groups -OCH3 is 2. The number of carbonyl (C=O) groups excluding carboxylic acids is 1. The van der Waals surface area contributed by atoms with Crippen molar-refractivity contribution in [2.45, 2.75) is 12.5 Å². The van der Waals surface area contributed by atoms with Crippen molar-refractivity contribution in [2.75, 3.05) is 33.9 Å². The van der Waals surface area contributed by atoms with Crippen molar-refractivity contribution in [3.8, 4) is 17.2 Å². The van der Waals surface area contributed by atoms with Crippen LogP contribution in [-0.2, 0) is 11.2 Å². The highest BCUT2D eigenvalue weighted by molar-refractivity contribution is 6.35. The Hall–Kier alpha value is -2.31. The molecule has 0 bridgehead atoms. The fraction of sp³-hybridized carbons (Fsp3) is 0.350. The third-order valence-electron chi connectivity index (χ3n) is 4.39. The molecule has 1 aliphatic heterocycles. The van der Waals surface area contributed by atoms with Crippen LogP contribution in [0.2, 0.25) is 10.0 Å². The fourth-order valence-corrected chi connectivity index (χ4v) is 3.38. The maximum Gasteiger partial charge on any atom is 0.410 e. The third kappa shape index (κ3) is 4.94. The van der Waals surface area contributed by atoms with E-state index in [1.54, 1.807) is 37.3 Å². The second kappa shape index (κ2) is 9.26. The zero-order valence-electron chi connectivity index (χ0n) is 15.6. The Kier molecular flexibility index (Phi) is 6.75. The molecule has 1 atom stereocenters. The largest absolute Gasteiger partial charge is 0.493 e. The lowest BCUT2D eigenvalue weighted by Gasteiger charge is -2.14. The van der Waals surface area contributed by atoms with E-state index in [0.717, 1.165) is 5.56 Å². The number of rotatable bonds is 8. The Morgan fingerprint density at radius 2 is 1.82 bits per heavy atom. The molecule has 2 aromatic rings. The summed E-state index contributed by atoms with van der Waals surface area (Å²) in [5.74, 6) is 1.84. The van der Waals surface area contributed by atoms with Crippen molar-refractivity contribution in [1.29, 1.82) is 0 Å². The summed E-state index contributed by atoms with van der Waals surface area (Å²) < 4.78 is 21.6. The average molecular weight is 426 g/mol. The number of carbonyl (C=O) groups is 1. The van der Waals surface area contributed by atoms with Crippen LogP contribution >= 0.6 is 23.2 Å². The first-order valence-electron chi connectivity index (χ1n) is 8.74. The zero-order chi connectivity index (χ0) is 20.1. The van der Waals surface area contributed by atoms with E-state index in [9.17, 15) is 4.79 Å². The van der Waals surface area contributed by atoms with E-state index in [1.165, 1.54) is 0 Å². The van der Waals surface area contributed by atoms with Gasteiger partial charge in [0.2, 0.25) is 0 Å². The third-order valence-corrected chi connectivity index (χ3v) is 4.92. The minimum atomic E-state index is -0.357. The summed E-state index contributed by atoms with van der Waals surface area (Å²) >= 11 is 12.0. The van der Waals surface area contributed by atoms with E-state index in [0.29, 0.717) is 46.8 Å². The molecule has 1 amide bonds. The molecule has 0 aromatic heterocycles. The van der Waals surface area contributed by atoms with Gasteiger partial charge in [-0.2, -0.15) is 0 Å². The molecule has 0 N–H and O–H groups in total. The van der Waals surface area contributed by atoms with Crippen LogP contribution in [0.1, 0.15) is 5.56 Å². The predicted molar refractivity (Wildman–Crippen MR) is 107 cm³/mol. The van der Waals surface area contributed by atoms with Crippen LogP contribution in [0.25, 0.3) is 0 Å². The van der Waals surface area contributed by atoms with Gasteiger partial charge in [-0.05, 0) is 42.3 Å². The maximum atomic E-state index is 12.1. The molecule has 1 unspecified atom stereocenters. The van der Waals surface area contributed by atoms with Crippen molar-refractivity contribution in [3.05, 3.63) is 52.0 Å². The first kappa shape index (κ1) is 20.4. The van der Waals surface area contributed by atoms with Gasteiger partial charge in [0.1, 0.15) is 12.4 Å². The van der Waals surface area contributed by atoms with E-state index >= 15 is 0 Å². The molecule has 0 radical (unpaired) electrons. The van der Waals surface area contributed by atoms with Crippen molar-refractivity contribution in [1.82, 2.24) is 4.90 Å². The molecule has 3 rings (SSSR count). The van der Waals surface area contributed by atoms with Crippen molar-refractivity contribution < 1.29 is 23.7 Å². The van der Waals surface area contributed by atoms with Crippen LogP contribution in [0.5, 0.6) is 17.2 Å². The van der Waals surface area contributed by atoms with Gasteiger partial charge in [0, 0.05) is 11.6 Å². The molecule has 1 saturated heterocycles. The second-order valence-corrected chi connectivity index (χ2v) is 7.12. The first-order chi connectivity index (χ1) is 13.5. The van der Waals surface area contributed by atoms with Gasteiger partial charge in [0.25, 0.3) is 0 Å². The minimum absolute atomic E-state index is 0.222. The van der Waals surface area contributed by atoms with Crippen LogP contribution in [0.15, 0.2) is 36.4 Å². The molecule has 1 aliphatic rings. The van der Waals surface area contributed by atoms with E-state index in [1.807, 2.05) is 18.2 Å². The van der Waals surface area contributed by atoms with Crippen LogP contribution in [0.3, 0.4) is 0 Å². The highest BCUT2D eigenvalue weighted by atomic mass is 35.5. The number of hydrogen-bond acceptors (Lipinski definition) is 5. The standard InChI is InChI=1S/C20H21Cl2NO5/c1-25-18-5-3-13(9-19(18)26-2)7-8-23-11-15(28-20(23)24)12-27-17-6-4-14(21)10-16(17)22/h3-6,9-10,15H,7-8,11-12H2,1-2H3. The van der Waals surface area contributed by atoms with Crippen molar-refractivity contribution in [2.24, 2.45) is 0 Å². The van der Waals surface area contributed by atoms with Gasteiger partial charge in [-0.15, -0.1) is 0 Å². The van der Waals surface area contributed by atoms with Gasteiger partial charge in [-0.3, -0.25) is 0 Å². The Morgan fingerprint density at radius 1 is 1.07 bits per heavy atom. The molecular weight excluding hydrogens is 405 g/mol. The SMILES string of the molecule is COc1ccc(CCN2CC(COc3ccc(Cl)cc3Cl)OC2=O)cc1OC. The number of nitrogens with zero attached hydrogens (tertiary/aromatic N) is 1. The summed E-state index contributed by atoms with van der Waals surface area (Å²) in [4.78, 5) is 13.8. The smallest absolute Gasteiger partial charge is 0.410 e. The van der Waals surface area contributed by atoms with Crippen molar-refractivity contribution >= 4 is 29.3 Å². The molecule has 28 heavy (non-hydrogen) atoms. The highest BCUT2D eigenvalue weighted by Gasteiger charge is 2.31. The molecule has 0 saturated carbocycles. The topological polar surface area (TPSA) is 57.2 Å². The Morgan fingerprint density at radius 3 is 2.54 bits per heavy atom. The summed E-state index contributed by atoms with van der Waals surface area (Å²) in [5, 5.41) is 0.952. The van der Waals surface area contributed by atoms with Crippen molar-refractivity contribution in [3.63, 3.8) is 0 Å². The van der Waals surface area contributed by atoms with Crippen LogP contribution in [0, 0.1) is 0 Å². The van der Waals surface area contributed by atoms with E-state index in [4.69, 9.17) is 42.1 Å². The summed E-state index contributed by atoms with van der Waals surface area (Å²) in [7, 11) is 3.19. The molecule has 1 fully saturated rings. The number of halogens is 2. The van der Waals surface area contributed by atoms with E-state index in [2.05, 4.69) is 0 Å². The quantitative estimate of drug-likeness (QED) is 0.624. The molecule has 2 aromatic carbocycles. The summed E-state index contributed by atoms with van der Waals surface area (Å²) in [6, 6.07) is 10.7. The fourth-order valence-electron chi connectivity index (χ4n) is 2.92. The van der Waals surface area contributed by atoms with Crippen LogP contribution in [-0.4, -0.2) is 51.0 Å². The predicted octanol–water partition coefficient (Wildman–Crippen LogP) is 4.45. The van der Waals surface area contributed by atoms with Gasteiger partial charge < -0.3 is 23.8 Å². The minimum Gasteiger partial charge on any atom is -0.493 e. The maximum absolute atomic E-state index is 12.1. The van der Waals surface area contributed by atoms with Gasteiger partial charge in [0.05, 0.1) is 25.8 Å². The van der Waals surface area contributed by atoms with Gasteiger partial charge in [-0.1, -0.05) is 29.3 Å². The lowest BCUT2D eigenvalue weighted by Crippen LogP contribution is -2.28. The Labute approximate surface area is 173 Å². The monoisotopic (exact) mass is 425 g/mol. The lowest BCUT2D eigenvalue weighted by atomic mass is 10.1. The molecule has 0 aliphatic carbocycles. The van der Waals surface area contributed by atoms with Crippen LogP contribution in [0.4, 0.5) is 4.79 Å². The van der Waals surface area contributed by atoms with E-state index < -0.39 is 0 Å². The normalized spacial score (nSPS) is 16.1. The second-order valence-electron chi connectivity index (χ2n) is 6.28. The van der Waals surface area contributed by atoms with Gasteiger partial charge in [-0.25, -0.2) is 4.79 Å². The Balaban J connectivity index is 1.52.